The predicted molar refractivity (Wildman–Crippen MR) is 127 cm³/mol. The minimum atomic E-state index is -1.23. The summed E-state index contributed by atoms with van der Waals surface area (Å²) in [7, 11) is 0. The minimum absolute atomic E-state index is 0.0434. The second kappa shape index (κ2) is 9.27. The maximum atomic E-state index is 14.6. The molecule has 32 heavy (non-hydrogen) atoms. The molecule has 0 aliphatic carbocycles. The van der Waals surface area contributed by atoms with Crippen LogP contribution in [0.5, 0.6) is 0 Å². The molecular formula is C23H20F3IN4O. The van der Waals surface area contributed by atoms with E-state index in [1.807, 2.05) is 34.7 Å². The van der Waals surface area contributed by atoms with E-state index in [4.69, 9.17) is 5.73 Å². The van der Waals surface area contributed by atoms with Gasteiger partial charge in [0.05, 0.1) is 16.9 Å². The lowest BCUT2D eigenvalue weighted by Crippen LogP contribution is -2.52. The molecule has 0 bridgehead atoms. The van der Waals surface area contributed by atoms with E-state index in [-0.39, 0.29) is 22.9 Å². The topological polar surface area (TPSA) is 70.4 Å². The van der Waals surface area contributed by atoms with Crippen molar-refractivity contribution in [1.82, 2.24) is 4.90 Å². The molecule has 0 radical (unpaired) electrons. The Bertz CT molecular complexity index is 1150. The van der Waals surface area contributed by atoms with Crippen LogP contribution in [0.4, 0.5) is 35.9 Å². The van der Waals surface area contributed by atoms with Crippen LogP contribution in [-0.4, -0.2) is 30.4 Å². The van der Waals surface area contributed by atoms with Gasteiger partial charge < -0.3 is 21.3 Å². The lowest BCUT2D eigenvalue weighted by molar-refractivity contribution is 0.0522. The molecule has 5 nitrogen and oxygen atoms in total. The standard InChI is InChI=1S/C23H20F3IN4O/c24-18-7-6-17(22(21(18)26)30-20-8-1-14(27)9-19(20)25)23(32)31-11-13(12-31)10-29-16-4-2-15(28)3-5-16/h1-9,13,29-30H,10-12,28H2. The molecule has 1 aliphatic heterocycles. The number of nitrogens with one attached hydrogen (secondary N) is 2. The van der Waals surface area contributed by atoms with Crippen molar-refractivity contribution in [2.24, 2.45) is 5.92 Å². The third-order valence-electron chi connectivity index (χ3n) is 5.27. The number of nitrogens with zero attached hydrogens (tertiary/aromatic N) is 1. The molecule has 1 saturated heterocycles. The summed E-state index contributed by atoms with van der Waals surface area (Å²) in [6.45, 7) is 1.60. The average molecular weight is 552 g/mol. The normalized spacial score (nSPS) is 13.6. The Kier molecular flexibility index (Phi) is 6.45. The van der Waals surface area contributed by atoms with E-state index in [9.17, 15) is 18.0 Å². The first kappa shape index (κ1) is 22.3. The van der Waals surface area contributed by atoms with Crippen LogP contribution < -0.4 is 16.4 Å². The summed E-state index contributed by atoms with van der Waals surface area (Å²) in [5.41, 5.74) is 6.81. The Balaban J connectivity index is 1.45. The zero-order chi connectivity index (χ0) is 22.8. The molecule has 4 N–H and O–H groups in total. The van der Waals surface area contributed by atoms with Gasteiger partial charge in [0.25, 0.3) is 5.91 Å². The molecular weight excluding hydrogens is 532 g/mol. The number of rotatable bonds is 6. The molecule has 0 aromatic heterocycles. The number of hydrogen-bond acceptors (Lipinski definition) is 4. The molecule has 0 unspecified atom stereocenters. The first-order valence-corrected chi connectivity index (χ1v) is 11.0. The highest BCUT2D eigenvalue weighted by molar-refractivity contribution is 14.1. The van der Waals surface area contributed by atoms with Crippen LogP contribution in [0.1, 0.15) is 10.4 Å². The van der Waals surface area contributed by atoms with Gasteiger partial charge in [-0.05, 0) is 77.2 Å². The smallest absolute Gasteiger partial charge is 0.256 e. The van der Waals surface area contributed by atoms with Crippen LogP contribution in [0, 0.1) is 26.9 Å². The Morgan fingerprint density at radius 1 is 1.03 bits per heavy atom. The SMILES string of the molecule is Nc1ccc(NCC2CN(C(=O)c3ccc(F)c(F)c3Nc3ccc(I)cc3F)C2)cc1. The molecule has 1 fully saturated rings. The third kappa shape index (κ3) is 4.77. The lowest BCUT2D eigenvalue weighted by Gasteiger charge is -2.39. The summed E-state index contributed by atoms with van der Waals surface area (Å²) in [6, 6.07) is 13.8. The molecule has 1 heterocycles. The van der Waals surface area contributed by atoms with Crippen molar-refractivity contribution < 1.29 is 18.0 Å². The lowest BCUT2D eigenvalue weighted by atomic mass is 9.98. The Labute approximate surface area is 196 Å². The third-order valence-corrected chi connectivity index (χ3v) is 5.94. The van der Waals surface area contributed by atoms with Gasteiger partial charge in [-0.15, -0.1) is 0 Å². The molecule has 3 aromatic carbocycles. The number of hydrogen-bond donors (Lipinski definition) is 3. The van der Waals surface area contributed by atoms with E-state index < -0.39 is 23.4 Å². The van der Waals surface area contributed by atoms with Crippen molar-refractivity contribution in [2.45, 2.75) is 0 Å². The van der Waals surface area contributed by atoms with Gasteiger partial charge in [-0.3, -0.25) is 4.79 Å². The van der Waals surface area contributed by atoms with Crippen molar-refractivity contribution in [3.63, 3.8) is 0 Å². The van der Waals surface area contributed by atoms with Gasteiger partial charge in [-0.25, -0.2) is 13.2 Å². The number of benzene rings is 3. The second-order valence-electron chi connectivity index (χ2n) is 7.61. The fraction of sp³-hybridized carbons (Fsp3) is 0.174. The van der Waals surface area contributed by atoms with E-state index in [0.29, 0.717) is 28.9 Å². The van der Waals surface area contributed by atoms with Crippen LogP contribution in [0.15, 0.2) is 54.6 Å². The molecule has 9 heteroatoms. The van der Waals surface area contributed by atoms with Crippen molar-refractivity contribution >= 4 is 51.2 Å². The summed E-state index contributed by atoms with van der Waals surface area (Å²) in [4.78, 5) is 14.5. The van der Waals surface area contributed by atoms with Crippen LogP contribution in [0.25, 0.3) is 0 Å². The number of nitrogens with two attached hydrogens (primary N) is 1. The molecule has 0 spiro atoms. The summed E-state index contributed by atoms with van der Waals surface area (Å²) >= 11 is 1.94. The molecule has 0 atom stereocenters. The Hall–Kier alpha value is -2.95. The molecule has 1 aliphatic rings. The summed E-state index contributed by atoms with van der Waals surface area (Å²) < 4.78 is 43.3. The average Bonchev–Trinajstić information content (AvgIpc) is 2.73. The molecule has 166 valence electrons. The zero-order valence-electron chi connectivity index (χ0n) is 16.8. The number of carbonyl (C=O) groups excluding carboxylic acids is 1. The van der Waals surface area contributed by atoms with Gasteiger partial charge in [0, 0.05) is 40.5 Å². The summed E-state index contributed by atoms with van der Waals surface area (Å²) in [5, 5.41) is 5.85. The van der Waals surface area contributed by atoms with E-state index in [1.165, 1.54) is 18.2 Å². The molecule has 3 aromatic rings. The highest BCUT2D eigenvalue weighted by Gasteiger charge is 2.33. The quantitative estimate of drug-likeness (QED) is 0.290. The number of carbonyl (C=O) groups is 1. The number of anilines is 4. The maximum Gasteiger partial charge on any atom is 0.256 e. The summed E-state index contributed by atoms with van der Waals surface area (Å²) in [6.07, 6.45) is 0. The second-order valence-corrected chi connectivity index (χ2v) is 8.86. The first-order chi connectivity index (χ1) is 15.3. The van der Waals surface area contributed by atoms with E-state index in [1.54, 1.807) is 23.1 Å². The minimum Gasteiger partial charge on any atom is -0.399 e. The van der Waals surface area contributed by atoms with Gasteiger partial charge in [0.1, 0.15) is 5.82 Å². The largest absolute Gasteiger partial charge is 0.399 e. The van der Waals surface area contributed by atoms with Crippen molar-refractivity contribution in [1.29, 1.82) is 0 Å². The van der Waals surface area contributed by atoms with Crippen LogP contribution in [-0.2, 0) is 0 Å². The van der Waals surface area contributed by atoms with Gasteiger partial charge >= 0.3 is 0 Å². The van der Waals surface area contributed by atoms with Crippen LogP contribution >= 0.6 is 22.6 Å². The fourth-order valence-corrected chi connectivity index (χ4v) is 3.93. The maximum absolute atomic E-state index is 14.6. The number of nitrogen functional groups attached to an aromatic ring is 1. The van der Waals surface area contributed by atoms with Gasteiger partial charge in [-0.2, -0.15) is 0 Å². The monoisotopic (exact) mass is 552 g/mol. The number of halogens is 4. The highest BCUT2D eigenvalue weighted by Crippen LogP contribution is 2.31. The van der Waals surface area contributed by atoms with E-state index >= 15 is 0 Å². The van der Waals surface area contributed by atoms with Crippen LogP contribution in [0.2, 0.25) is 0 Å². The summed E-state index contributed by atoms with van der Waals surface area (Å²) in [5.74, 6) is -3.20. The van der Waals surface area contributed by atoms with Crippen molar-refractivity contribution in [2.75, 3.05) is 36.0 Å². The van der Waals surface area contributed by atoms with E-state index in [2.05, 4.69) is 10.6 Å². The van der Waals surface area contributed by atoms with Gasteiger partial charge in [0.15, 0.2) is 11.6 Å². The number of amides is 1. The molecule has 0 saturated carbocycles. The van der Waals surface area contributed by atoms with Crippen molar-refractivity contribution in [3.8, 4) is 0 Å². The molecule has 1 amide bonds. The zero-order valence-corrected chi connectivity index (χ0v) is 19.0. The van der Waals surface area contributed by atoms with Gasteiger partial charge in [0.2, 0.25) is 0 Å². The van der Waals surface area contributed by atoms with Crippen molar-refractivity contribution in [3.05, 3.63) is 81.2 Å². The Morgan fingerprint density at radius 2 is 1.75 bits per heavy atom. The van der Waals surface area contributed by atoms with Crippen LogP contribution in [0.3, 0.4) is 0 Å². The molecule has 4 rings (SSSR count). The first-order valence-electron chi connectivity index (χ1n) is 9.90. The number of likely N-dealkylation sites (tertiary alicyclic amines) is 1. The van der Waals surface area contributed by atoms with E-state index in [0.717, 1.165) is 11.8 Å². The van der Waals surface area contributed by atoms with Gasteiger partial charge in [-0.1, -0.05) is 0 Å². The highest BCUT2D eigenvalue weighted by atomic mass is 127. The Morgan fingerprint density at radius 3 is 2.44 bits per heavy atom. The predicted octanol–water partition coefficient (Wildman–Crippen LogP) is 5.22. The fourth-order valence-electron chi connectivity index (χ4n) is 3.47.